The van der Waals surface area contributed by atoms with E-state index >= 15 is 0 Å². The number of hydrogen-bond acceptors (Lipinski definition) is 7. The number of hydrogen-bond donors (Lipinski definition) is 1. The first-order valence-corrected chi connectivity index (χ1v) is 11.5. The smallest absolute Gasteiger partial charge is 0.270 e. The molecule has 4 rings (SSSR count). The van der Waals surface area contributed by atoms with Crippen molar-refractivity contribution < 1.29 is 18.1 Å². The third-order valence-corrected chi connectivity index (χ3v) is 7.80. The Labute approximate surface area is 176 Å². The zero-order valence-electron chi connectivity index (χ0n) is 15.9. The number of aryl methyl sites for hydroxylation is 1. The van der Waals surface area contributed by atoms with Crippen LogP contribution in [-0.4, -0.2) is 41.1 Å². The van der Waals surface area contributed by atoms with E-state index in [4.69, 9.17) is 0 Å². The molecule has 0 radical (unpaired) electrons. The van der Waals surface area contributed by atoms with Gasteiger partial charge in [0, 0.05) is 18.7 Å². The Morgan fingerprint density at radius 2 is 2.00 bits per heavy atom. The van der Waals surface area contributed by atoms with Crippen molar-refractivity contribution in [2.24, 2.45) is 0 Å². The van der Waals surface area contributed by atoms with Crippen LogP contribution in [0.2, 0.25) is 0 Å². The Hall–Kier alpha value is -2.89. The summed E-state index contributed by atoms with van der Waals surface area (Å²) in [7, 11) is -3.80. The average Bonchev–Trinajstić information content (AvgIpc) is 3.34. The molecule has 2 aromatic carbocycles. The number of carbonyl (C=O) groups is 1. The summed E-state index contributed by atoms with van der Waals surface area (Å²) in [4.78, 5) is 27.7. The minimum absolute atomic E-state index is 0.0600. The lowest BCUT2D eigenvalue weighted by molar-refractivity contribution is -0.384. The number of nitrogens with zero attached hydrogens (tertiary/aromatic N) is 3. The van der Waals surface area contributed by atoms with E-state index in [1.807, 2.05) is 6.92 Å². The van der Waals surface area contributed by atoms with Crippen molar-refractivity contribution in [1.29, 1.82) is 0 Å². The fourth-order valence-corrected chi connectivity index (χ4v) is 5.96. The largest absolute Gasteiger partial charge is 0.301 e. The molecule has 156 valence electrons. The van der Waals surface area contributed by atoms with Crippen LogP contribution in [0.4, 0.5) is 10.8 Å². The lowest BCUT2D eigenvalue weighted by atomic mass is 10.2. The van der Waals surface area contributed by atoms with E-state index in [1.165, 1.54) is 22.5 Å². The van der Waals surface area contributed by atoms with Crippen LogP contribution in [0.25, 0.3) is 10.2 Å². The molecule has 1 aliphatic rings. The fraction of sp³-hybridized carbons (Fsp3) is 0.263. The van der Waals surface area contributed by atoms with Gasteiger partial charge in [-0.05, 0) is 38.0 Å². The highest BCUT2D eigenvalue weighted by molar-refractivity contribution is 7.89. The van der Waals surface area contributed by atoms with Crippen LogP contribution in [0.3, 0.4) is 0 Å². The van der Waals surface area contributed by atoms with Gasteiger partial charge in [-0.2, -0.15) is 4.31 Å². The lowest BCUT2D eigenvalue weighted by Crippen LogP contribution is -2.43. The first-order chi connectivity index (χ1) is 14.3. The Morgan fingerprint density at radius 1 is 1.27 bits per heavy atom. The number of sulfonamides is 1. The molecule has 0 spiro atoms. The normalized spacial score (nSPS) is 17.3. The fourth-order valence-electron chi connectivity index (χ4n) is 3.40. The van der Waals surface area contributed by atoms with Gasteiger partial charge in [0.05, 0.1) is 20.0 Å². The second kappa shape index (κ2) is 7.74. The first-order valence-electron chi connectivity index (χ1n) is 9.20. The van der Waals surface area contributed by atoms with Crippen molar-refractivity contribution in [3.63, 3.8) is 0 Å². The van der Waals surface area contributed by atoms with Gasteiger partial charge in [0.2, 0.25) is 15.9 Å². The van der Waals surface area contributed by atoms with E-state index in [0.29, 0.717) is 23.1 Å². The molecule has 1 fully saturated rings. The molecule has 11 heteroatoms. The van der Waals surface area contributed by atoms with Crippen LogP contribution in [-0.2, 0) is 14.8 Å². The van der Waals surface area contributed by atoms with E-state index in [0.717, 1.165) is 16.9 Å². The van der Waals surface area contributed by atoms with E-state index in [2.05, 4.69) is 10.3 Å². The Morgan fingerprint density at radius 3 is 2.70 bits per heavy atom. The van der Waals surface area contributed by atoms with Crippen LogP contribution < -0.4 is 5.32 Å². The van der Waals surface area contributed by atoms with Crippen LogP contribution in [0.1, 0.15) is 18.4 Å². The van der Waals surface area contributed by atoms with E-state index in [9.17, 15) is 23.3 Å². The summed E-state index contributed by atoms with van der Waals surface area (Å²) >= 11 is 1.11. The molecule has 3 aromatic rings. The van der Waals surface area contributed by atoms with Crippen molar-refractivity contribution in [2.75, 3.05) is 11.9 Å². The Balaban J connectivity index is 1.56. The number of nitro groups is 1. The van der Waals surface area contributed by atoms with Crippen LogP contribution in [0.15, 0.2) is 47.4 Å². The maximum Gasteiger partial charge on any atom is 0.270 e. The van der Waals surface area contributed by atoms with Gasteiger partial charge in [0.1, 0.15) is 6.04 Å². The molecule has 0 saturated carbocycles. The molecular formula is C19H18N4O5S2. The number of nitrogens with one attached hydrogen (secondary N) is 1. The van der Waals surface area contributed by atoms with Crippen LogP contribution in [0, 0.1) is 17.0 Å². The predicted molar refractivity (Wildman–Crippen MR) is 113 cm³/mol. The highest BCUT2D eigenvalue weighted by atomic mass is 32.2. The van der Waals surface area contributed by atoms with Gasteiger partial charge < -0.3 is 5.32 Å². The number of amides is 1. The first kappa shape index (κ1) is 20.4. The number of carbonyl (C=O) groups excluding carboxylic acids is 1. The quantitative estimate of drug-likeness (QED) is 0.474. The van der Waals surface area contributed by atoms with Crippen molar-refractivity contribution >= 4 is 48.3 Å². The molecule has 0 bridgehead atoms. The van der Waals surface area contributed by atoms with Crippen LogP contribution in [0.5, 0.6) is 0 Å². The molecule has 1 unspecified atom stereocenters. The molecule has 9 nitrogen and oxygen atoms in total. The molecular weight excluding hydrogens is 428 g/mol. The maximum atomic E-state index is 13.0. The zero-order chi connectivity index (χ0) is 21.5. The summed E-state index contributed by atoms with van der Waals surface area (Å²) in [6.45, 7) is 2.13. The second-order valence-corrected chi connectivity index (χ2v) is 9.93. The zero-order valence-corrected chi connectivity index (χ0v) is 17.6. The molecule has 0 aliphatic carbocycles. The second-order valence-electron chi connectivity index (χ2n) is 7.00. The van der Waals surface area contributed by atoms with Gasteiger partial charge in [0.25, 0.3) is 5.69 Å². The number of thiazole rings is 1. The van der Waals surface area contributed by atoms with Crippen molar-refractivity contribution in [2.45, 2.75) is 30.7 Å². The highest BCUT2D eigenvalue weighted by Crippen LogP contribution is 2.31. The van der Waals surface area contributed by atoms with Crippen molar-refractivity contribution in [3.8, 4) is 0 Å². The Bertz CT molecular complexity index is 1240. The third-order valence-electron chi connectivity index (χ3n) is 4.95. The molecule has 30 heavy (non-hydrogen) atoms. The van der Waals surface area contributed by atoms with Crippen molar-refractivity contribution in [1.82, 2.24) is 9.29 Å². The molecule has 2 heterocycles. The number of non-ortho nitro benzene ring substituents is 1. The number of benzene rings is 2. The average molecular weight is 447 g/mol. The molecule has 1 saturated heterocycles. The summed E-state index contributed by atoms with van der Waals surface area (Å²) in [6, 6.07) is 9.95. The van der Waals surface area contributed by atoms with Gasteiger partial charge in [-0.15, -0.1) is 0 Å². The number of rotatable bonds is 5. The number of anilines is 1. The summed E-state index contributed by atoms with van der Waals surface area (Å²) in [5.41, 5.74) is 1.41. The number of fused-ring (bicyclic) bond motifs is 1. The lowest BCUT2D eigenvalue weighted by Gasteiger charge is -2.23. The van der Waals surface area contributed by atoms with E-state index < -0.39 is 26.9 Å². The van der Waals surface area contributed by atoms with Crippen molar-refractivity contribution in [3.05, 3.63) is 58.1 Å². The maximum absolute atomic E-state index is 13.0. The van der Waals surface area contributed by atoms with E-state index in [1.54, 1.807) is 24.3 Å². The van der Waals surface area contributed by atoms with Gasteiger partial charge in [-0.1, -0.05) is 29.0 Å². The number of nitro benzene ring substituents is 1. The van der Waals surface area contributed by atoms with Gasteiger partial charge in [0.15, 0.2) is 5.13 Å². The van der Waals surface area contributed by atoms with Gasteiger partial charge >= 0.3 is 0 Å². The highest BCUT2D eigenvalue weighted by Gasteiger charge is 2.39. The van der Waals surface area contributed by atoms with E-state index in [-0.39, 0.29) is 22.3 Å². The molecule has 1 N–H and O–H groups in total. The van der Waals surface area contributed by atoms with Crippen LogP contribution >= 0.6 is 11.3 Å². The predicted octanol–water partition coefficient (Wildman–Crippen LogP) is 3.30. The minimum Gasteiger partial charge on any atom is -0.301 e. The molecule has 1 aliphatic heterocycles. The standard InChI is InChI=1S/C19H18N4O5S2/c1-12-4-7-14(8-5-12)30(27,28)22-10-2-3-16(22)18(24)21-19-20-15-9-6-13(23(25)26)11-17(15)29-19/h4-9,11,16H,2-3,10H2,1H3,(H,20,21,24). The topological polar surface area (TPSA) is 123 Å². The summed E-state index contributed by atoms with van der Waals surface area (Å²) in [6.07, 6.45) is 0.989. The van der Waals surface area contributed by atoms with Gasteiger partial charge in [-0.25, -0.2) is 13.4 Å². The minimum atomic E-state index is -3.80. The summed E-state index contributed by atoms with van der Waals surface area (Å²) in [5.74, 6) is -0.461. The SMILES string of the molecule is Cc1ccc(S(=O)(=O)N2CCCC2C(=O)Nc2nc3ccc([N+](=O)[O-])cc3s2)cc1. The summed E-state index contributed by atoms with van der Waals surface area (Å²) in [5, 5.41) is 13.9. The Kier molecular flexibility index (Phi) is 5.26. The molecule has 1 aromatic heterocycles. The monoisotopic (exact) mass is 446 g/mol. The third kappa shape index (κ3) is 3.78. The number of aromatic nitrogens is 1. The molecule has 1 amide bonds. The molecule has 1 atom stereocenters. The van der Waals surface area contributed by atoms with Gasteiger partial charge in [-0.3, -0.25) is 14.9 Å². The summed E-state index contributed by atoms with van der Waals surface area (Å²) < 4.78 is 27.8.